The van der Waals surface area contributed by atoms with Gasteiger partial charge < -0.3 is 25.0 Å². The van der Waals surface area contributed by atoms with Crippen LogP contribution in [0.5, 0.6) is 5.75 Å². The molecule has 0 radical (unpaired) electrons. The van der Waals surface area contributed by atoms with Gasteiger partial charge in [0.15, 0.2) is 6.23 Å². The van der Waals surface area contributed by atoms with Gasteiger partial charge in [0, 0.05) is 12.6 Å². The van der Waals surface area contributed by atoms with E-state index in [0.717, 1.165) is 22.4 Å². The van der Waals surface area contributed by atoms with Crippen molar-refractivity contribution in [1.82, 2.24) is 9.55 Å². The van der Waals surface area contributed by atoms with Crippen LogP contribution in [0.15, 0.2) is 102 Å². The van der Waals surface area contributed by atoms with Gasteiger partial charge in [-0.15, -0.1) is 0 Å². The second-order valence-corrected chi connectivity index (χ2v) is 19.2. The Kier molecular flexibility index (Phi) is 8.85. The number of aromatic nitrogens is 2. The van der Waals surface area contributed by atoms with Gasteiger partial charge in [0.2, 0.25) is 0 Å². The molecule has 4 aromatic rings. The second-order valence-electron chi connectivity index (χ2n) is 13.6. The second kappa shape index (κ2) is 12.2. The average molecular weight is 628 g/mol. The summed E-state index contributed by atoms with van der Waals surface area (Å²) in [6.45, 7) is 12.2. The third-order valence-corrected chi connectivity index (χ3v) is 16.4. The summed E-state index contributed by atoms with van der Waals surface area (Å²) in [7, 11) is -0.902. The third-order valence-electron chi connectivity index (χ3n) is 10.1. The minimum absolute atomic E-state index is 0.210. The average Bonchev–Trinajstić information content (AvgIpc) is 3.39. The maximum absolute atomic E-state index is 13.9. The maximum atomic E-state index is 13.9. The number of nitrogens with one attached hydrogen (secondary N) is 1. The zero-order valence-corrected chi connectivity index (χ0v) is 28.2. The predicted molar refractivity (Wildman–Crippen MR) is 180 cm³/mol. The van der Waals surface area contributed by atoms with Crippen molar-refractivity contribution in [3.8, 4) is 5.75 Å². The molecule has 0 saturated carbocycles. The molecule has 0 aliphatic carbocycles. The molecule has 3 N–H and O–H groups in total. The van der Waals surface area contributed by atoms with Crippen LogP contribution in [0.2, 0.25) is 18.1 Å². The van der Waals surface area contributed by atoms with Gasteiger partial charge in [0.05, 0.1) is 27.4 Å². The molecule has 2 heterocycles. The van der Waals surface area contributed by atoms with Gasteiger partial charge in [-0.05, 0) is 46.9 Å². The molecule has 1 aromatic heterocycles. The SMILES string of the molecule is COc1ccc(C(Nc2ccn([C@@H]3O[C@H]([C@H](C)O)C[C@]3(O)[Si](C)(C)C(C)(C)C)c(=O)n2)(c2ccccc2)c2ccccc2)cc1. The Morgan fingerprint density at radius 3 is 1.96 bits per heavy atom. The highest BCUT2D eigenvalue weighted by atomic mass is 28.3. The zero-order valence-electron chi connectivity index (χ0n) is 27.2. The Balaban J connectivity index is 1.64. The van der Waals surface area contributed by atoms with Gasteiger partial charge in [0.25, 0.3) is 0 Å². The van der Waals surface area contributed by atoms with Crippen molar-refractivity contribution < 1.29 is 19.7 Å². The number of aliphatic hydroxyl groups is 2. The van der Waals surface area contributed by atoms with Crippen molar-refractivity contribution in [2.45, 2.75) is 81.4 Å². The van der Waals surface area contributed by atoms with Crippen molar-refractivity contribution in [1.29, 1.82) is 0 Å². The first-order chi connectivity index (χ1) is 21.2. The van der Waals surface area contributed by atoms with Crippen LogP contribution in [0, 0.1) is 0 Å². The summed E-state index contributed by atoms with van der Waals surface area (Å²) < 4.78 is 13.1. The van der Waals surface area contributed by atoms with E-state index < -0.39 is 43.0 Å². The quantitative estimate of drug-likeness (QED) is 0.152. The van der Waals surface area contributed by atoms with E-state index in [1.165, 1.54) is 4.57 Å². The minimum Gasteiger partial charge on any atom is -0.497 e. The molecule has 0 amide bonds. The lowest BCUT2D eigenvalue weighted by molar-refractivity contribution is -0.0854. The Morgan fingerprint density at radius 2 is 1.49 bits per heavy atom. The minimum atomic E-state index is -2.54. The normalized spacial score (nSPS) is 21.4. The van der Waals surface area contributed by atoms with Gasteiger partial charge in [0.1, 0.15) is 22.3 Å². The fourth-order valence-corrected chi connectivity index (χ4v) is 9.15. The van der Waals surface area contributed by atoms with E-state index in [2.05, 4.69) is 44.2 Å². The van der Waals surface area contributed by atoms with Crippen LogP contribution in [-0.2, 0) is 10.3 Å². The van der Waals surface area contributed by atoms with Crippen molar-refractivity contribution in [2.24, 2.45) is 0 Å². The number of aliphatic hydroxyl groups excluding tert-OH is 1. The lowest BCUT2D eigenvalue weighted by Gasteiger charge is -2.49. The molecule has 238 valence electrons. The molecule has 4 atom stereocenters. The third kappa shape index (κ3) is 5.74. The molecule has 5 rings (SSSR count). The molecule has 8 nitrogen and oxygen atoms in total. The van der Waals surface area contributed by atoms with Gasteiger partial charge >= 0.3 is 5.69 Å². The van der Waals surface area contributed by atoms with Crippen LogP contribution in [0.25, 0.3) is 0 Å². The number of methoxy groups -OCH3 is 1. The predicted octanol–water partition coefficient (Wildman–Crippen LogP) is 6.10. The molecular formula is C36H45N3O5Si. The fraction of sp³-hybridized carbons (Fsp3) is 0.389. The van der Waals surface area contributed by atoms with Crippen LogP contribution in [0.1, 0.15) is 57.0 Å². The Bertz CT molecular complexity index is 1610. The molecule has 0 bridgehead atoms. The largest absolute Gasteiger partial charge is 0.497 e. The summed E-state index contributed by atoms with van der Waals surface area (Å²) in [5, 5.41) is 24.9. The number of hydrogen-bond acceptors (Lipinski definition) is 7. The van der Waals surface area contributed by atoms with E-state index in [1.54, 1.807) is 26.3 Å². The summed E-state index contributed by atoms with van der Waals surface area (Å²) in [4.78, 5) is 18.4. The monoisotopic (exact) mass is 627 g/mol. The highest BCUT2D eigenvalue weighted by Crippen LogP contribution is 2.53. The molecule has 45 heavy (non-hydrogen) atoms. The van der Waals surface area contributed by atoms with Gasteiger partial charge in [-0.25, -0.2) is 4.79 Å². The van der Waals surface area contributed by atoms with E-state index >= 15 is 0 Å². The first-order valence-corrected chi connectivity index (χ1v) is 18.4. The lowest BCUT2D eigenvalue weighted by atomic mass is 9.77. The number of ether oxygens (including phenoxy) is 2. The molecule has 1 aliphatic heterocycles. The Labute approximate surface area is 266 Å². The Morgan fingerprint density at radius 1 is 0.956 bits per heavy atom. The van der Waals surface area contributed by atoms with Crippen molar-refractivity contribution in [3.63, 3.8) is 0 Å². The van der Waals surface area contributed by atoms with Crippen LogP contribution in [0.4, 0.5) is 5.82 Å². The summed E-state index contributed by atoms with van der Waals surface area (Å²) >= 11 is 0. The van der Waals surface area contributed by atoms with Gasteiger partial charge in [-0.3, -0.25) is 4.57 Å². The summed E-state index contributed by atoms with van der Waals surface area (Å²) in [5.41, 5.74) is 1.37. The standard InChI is InChI=1S/C36H45N3O5Si/c1-25(40)30-24-35(42,45(6,7)34(2,3)4)32(44-30)39-23-22-31(37-33(39)41)38-36(26-14-10-8-11-15-26,27-16-12-9-13-17-27)28-18-20-29(43-5)21-19-28/h8-23,25,30,32,40,42H,24H2,1-7H3,(H,37,38,41)/t25-,30-,32+,35-/m0/s1. The van der Waals surface area contributed by atoms with Crippen molar-refractivity contribution >= 4 is 13.9 Å². The number of benzene rings is 3. The van der Waals surface area contributed by atoms with E-state index in [1.807, 2.05) is 84.9 Å². The smallest absolute Gasteiger partial charge is 0.351 e. The van der Waals surface area contributed by atoms with Crippen LogP contribution >= 0.6 is 0 Å². The number of rotatable bonds is 9. The first kappa shape index (κ1) is 32.6. The maximum Gasteiger partial charge on any atom is 0.351 e. The molecular weight excluding hydrogens is 582 g/mol. The Hall–Kier alpha value is -3.76. The van der Waals surface area contributed by atoms with E-state index in [4.69, 9.17) is 9.47 Å². The molecule has 3 aromatic carbocycles. The van der Waals surface area contributed by atoms with Gasteiger partial charge in [-0.2, -0.15) is 4.98 Å². The van der Waals surface area contributed by atoms with Crippen molar-refractivity contribution in [3.05, 3.63) is 124 Å². The molecule has 0 spiro atoms. The molecule has 1 saturated heterocycles. The first-order valence-electron chi connectivity index (χ1n) is 15.4. The fourth-order valence-electron chi connectivity index (χ4n) is 6.31. The van der Waals surface area contributed by atoms with Crippen LogP contribution in [0.3, 0.4) is 0 Å². The van der Waals surface area contributed by atoms with Crippen LogP contribution in [-0.4, -0.2) is 52.4 Å². The molecule has 9 heteroatoms. The lowest BCUT2D eigenvalue weighted by Crippen LogP contribution is -2.63. The summed E-state index contributed by atoms with van der Waals surface area (Å²) in [5.74, 6) is 1.09. The number of anilines is 1. The summed E-state index contributed by atoms with van der Waals surface area (Å²) in [6, 6.07) is 29.7. The molecule has 0 unspecified atom stereocenters. The topological polar surface area (TPSA) is 106 Å². The number of nitrogens with zero attached hydrogens (tertiary/aromatic N) is 2. The zero-order chi connectivity index (χ0) is 32.6. The van der Waals surface area contributed by atoms with E-state index in [-0.39, 0.29) is 11.5 Å². The highest BCUT2D eigenvalue weighted by molar-refractivity contribution is 6.82. The molecule has 1 aliphatic rings. The highest BCUT2D eigenvalue weighted by Gasteiger charge is 2.62. The van der Waals surface area contributed by atoms with E-state index in [9.17, 15) is 15.0 Å². The van der Waals surface area contributed by atoms with E-state index in [0.29, 0.717) is 5.82 Å². The van der Waals surface area contributed by atoms with Gasteiger partial charge in [-0.1, -0.05) is 107 Å². The molecule has 1 fully saturated rings. The van der Waals surface area contributed by atoms with Crippen molar-refractivity contribution in [2.75, 3.05) is 12.4 Å². The van der Waals surface area contributed by atoms with Crippen LogP contribution < -0.4 is 15.7 Å². The number of hydrogen-bond donors (Lipinski definition) is 3. The summed E-state index contributed by atoms with van der Waals surface area (Å²) in [6.07, 6.45) is -0.530.